The number of hydrogen-bond donors (Lipinski definition) is 2. The van der Waals surface area contributed by atoms with Crippen LogP contribution >= 0.6 is 0 Å². The molecule has 7 atom stereocenters. The fraction of sp³-hybridized carbons (Fsp3) is 0.821. The number of fused-ring (bicyclic) bond motifs is 1. The minimum absolute atomic E-state index is 0.00351. The van der Waals surface area contributed by atoms with Crippen LogP contribution in [0.3, 0.4) is 0 Å². The SMILES string of the molecule is C=C(CC[C@@H](C)[C@H]1CCC(C2CC=C3C[C@@H](O)CC[C@]3(C)C2=O)[C@]1(C)CCO)C(C)C. The molecule has 3 heteroatoms. The summed E-state index contributed by atoms with van der Waals surface area (Å²) < 4.78 is 0. The number of Topliss-reactive ketones (excluding diaryl/α,β-unsaturated/α-hetero) is 1. The van der Waals surface area contributed by atoms with E-state index in [1.807, 2.05) is 0 Å². The van der Waals surface area contributed by atoms with Crippen molar-refractivity contribution in [2.45, 2.75) is 98.5 Å². The Morgan fingerprint density at radius 3 is 2.58 bits per heavy atom. The maximum Gasteiger partial charge on any atom is 0.146 e. The molecule has 3 rings (SSSR count). The number of aliphatic hydroxyl groups is 2. The van der Waals surface area contributed by atoms with Crippen LogP contribution in [-0.4, -0.2) is 28.7 Å². The highest BCUT2D eigenvalue weighted by Gasteiger charge is 2.55. The lowest BCUT2D eigenvalue weighted by atomic mass is 9.56. The first-order chi connectivity index (χ1) is 14.5. The zero-order chi connectivity index (χ0) is 23.0. The van der Waals surface area contributed by atoms with Gasteiger partial charge in [0.05, 0.1) is 6.10 Å². The summed E-state index contributed by atoms with van der Waals surface area (Å²) in [6.07, 6.45) is 10.2. The Labute approximate surface area is 190 Å². The van der Waals surface area contributed by atoms with E-state index < -0.39 is 0 Å². The molecule has 0 aromatic rings. The van der Waals surface area contributed by atoms with Crippen molar-refractivity contribution in [1.82, 2.24) is 0 Å². The van der Waals surface area contributed by atoms with Crippen LogP contribution in [0.15, 0.2) is 23.8 Å². The first-order valence-corrected chi connectivity index (χ1v) is 12.7. The lowest BCUT2D eigenvalue weighted by Crippen LogP contribution is -2.47. The van der Waals surface area contributed by atoms with Crippen molar-refractivity contribution in [1.29, 1.82) is 0 Å². The second-order valence-corrected chi connectivity index (χ2v) is 11.8. The highest BCUT2D eigenvalue weighted by Crippen LogP contribution is 2.59. The predicted molar refractivity (Wildman–Crippen MR) is 128 cm³/mol. The third-order valence-electron chi connectivity index (χ3n) is 9.68. The smallest absolute Gasteiger partial charge is 0.146 e. The van der Waals surface area contributed by atoms with Crippen LogP contribution in [0.4, 0.5) is 0 Å². The Bertz CT molecular complexity index is 707. The van der Waals surface area contributed by atoms with E-state index in [1.165, 1.54) is 11.1 Å². The number of rotatable bonds is 8. The maximum absolute atomic E-state index is 13.8. The molecule has 0 aromatic carbocycles. The van der Waals surface area contributed by atoms with Crippen molar-refractivity contribution in [3.63, 3.8) is 0 Å². The molecule has 31 heavy (non-hydrogen) atoms. The molecule has 3 nitrogen and oxygen atoms in total. The molecule has 2 fully saturated rings. The number of hydrogen-bond acceptors (Lipinski definition) is 3. The summed E-state index contributed by atoms with van der Waals surface area (Å²) in [5.41, 5.74) is 2.12. The van der Waals surface area contributed by atoms with E-state index in [9.17, 15) is 15.0 Å². The van der Waals surface area contributed by atoms with Crippen molar-refractivity contribution >= 4 is 5.78 Å². The van der Waals surface area contributed by atoms with E-state index in [1.54, 1.807) is 0 Å². The van der Waals surface area contributed by atoms with Crippen LogP contribution in [-0.2, 0) is 4.79 Å². The quantitative estimate of drug-likeness (QED) is 0.458. The molecule has 0 spiro atoms. The highest BCUT2D eigenvalue weighted by molar-refractivity contribution is 5.91. The third kappa shape index (κ3) is 4.60. The molecule has 0 bridgehead atoms. The molecule has 2 unspecified atom stereocenters. The molecule has 0 aromatic heterocycles. The van der Waals surface area contributed by atoms with E-state index >= 15 is 0 Å². The van der Waals surface area contributed by atoms with Gasteiger partial charge in [0, 0.05) is 17.9 Å². The van der Waals surface area contributed by atoms with Crippen LogP contribution in [0.2, 0.25) is 0 Å². The van der Waals surface area contributed by atoms with Gasteiger partial charge in [-0.25, -0.2) is 0 Å². The minimum Gasteiger partial charge on any atom is -0.396 e. The summed E-state index contributed by atoms with van der Waals surface area (Å²) >= 11 is 0. The molecule has 3 aliphatic rings. The number of ketones is 1. The van der Waals surface area contributed by atoms with Gasteiger partial charge in [0.2, 0.25) is 0 Å². The van der Waals surface area contributed by atoms with Crippen LogP contribution in [0.5, 0.6) is 0 Å². The molecule has 2 N–H and O–H groups in total. The molecular formula is C28H46O3. The summed E-state index contributed by atoms with van der Waals surface area (Å²) in [5, 5.41) is 20.1. The Hall–Kier alpha value is -0.930. The van der Waals surface area contributed by atoms with Gasteiger partial charge in [-0.1, -0.05) is 51.5 Å². The average Bonchev–Trinajstić information content (AvgIpc) is 3.04. The zero-order valence-corrected chi connectivity index (χ0v) is 20.6. The van der Waals surface area contributed by atoms with Gasteiger partial charge in [-0.15, -0.1) is 0 Å². The number of aliphatic hydroxyl groups excluding tert-OH is 2. The fourth-order valence-electron chi connectivity index (χ4n) is 7.32. The summed E-state index contributed by atoms with van der Waals surface area (Å²) in [7, 11) is 0. The highest BCUT2D eigenvalue weighted by atomic mass is 16.3. The van der Waals surface area contributed by atoms with Crippen LogP contribution in [0.25, 0.3) is 0 Å². The summed E-state index contributed by atoms with van der Waals surface area (Å²) in [6, 6.07) is 0. The van der Waals surface area contributed by atoms with Crippen LogP contribution in [0.1, 0.15) is 92.4 Å². The Kier molecular flexibility index (Phi) is 7.58. The van der Waals surface area contributed by atoms with Gasteiger partial charge >= 0.3 is 0 Å². The van der Waals surface area contributed by atoms with Crippen LogP contribution < -0.4 is 0 Å². The fourth-order valence-corrected chi connectivity index (χ4v) is 7.32. The van der Waals surface area contributed by atoms with Gasteiger partial charge < -0.3 is 10.2 Å². The lowest BCUT2D eigenvalue weighted by molar-refractivity contribution is -0.136. The summed E-state index contributed by atoms with van der Waals surface area (Å²) in [5.74, 6) is 2.46. The molecule has 176 valence electrons. The number of allylic oxidation sites excluding steroid dienone is 2. The van der Waals surface area contributed by atoms with Gasteiger partial charge in [-0.05, 0) is 93.8 Å². The normalized spacial score (nSPS) is 39.4. The van der Waals surface area contributed by atoms with Crippen molar-refractivity contribution in [2.24, 2.45) is 40.4 Å². The second kappa shape index (κ2) is 9.51. The van der Waals surface area contributed by atoms with E-state index in [4.69, 9.17) is 0 Å². The van der Waals surface area contributed by atoms with Gasteiger partial charge in [0.25, 0.3) is 0 Å². The molecular weight excluding hydrogens is 384 g/mol. The number of carbonyl (C=O) groups excluding carboxylic acids is 1. The van der Waals surface area contributed by atoms with Gasteiger partial charge in [0.15, 0.2) is 0 Å². The number of carbonyl (C=O) groups is 1. The molecule has 0 saturated heterocycles. The molecule has 0 heterocycles. The van der Waals surface area contributed by atoms with Crippen molar-refractivity contribution in [2.75, 3.05) is 6.61 Å². The van der Waals surface area contributed by atoms with Gasteiger partial charge in [-0.3, -0.25) is 4.79 Å². The van der Waals surface area contributed by atoms with Crippen LogP contribution in [0, 0.1) is 40.4 Å². The van der Waals surface area contributed by atoms with E-state index in [0.29, 0.717) is 35.9 Å². The van der Waals surface area contributed by atoms with Gasteiger partial charge in [0.1, 0.15) is 5.78 Å². The first-order valence-electron chi connectivity index (χ1n) is 12.7. The molecule has 3 aliphatic carbocycles. The van der Waals surface area contributed by atoms with E-state index in [2.05, 4.69) is 47.3 Å². The average molecular weight is 431 g/mol. The van der Waals surface area contributed by atoms with E-state index in [0.717, 1.165) is 51.4 Å². The van der Waals surface area contributed by atoms with Crippen molar-refractivity contribution in [3.8, 4) is 0 Å². The van der Waals surface area contributed by atoms with Crippen molar-refractivity contribution < 1.29 is 15.0 Å². The van der Waals surface area contributed by atoms with E-state index in [-0.39, 0.29) is 29.5 Å². The topological polar surface area (TPSA) is 57.5 Å². The van der Waals surface area contributed by atoms with Gasteiger partial charge in [-0.2, -0.15) is 0 Å². The van der Waals surface area contributed by atoms with Crippen molar-refractivity contribution in [3.05, 3.63) is 23.8 Å². The largest absolute Gasteiger partial charge is 0.396 e. The Morgan fingerprint density at radius 1 is 1.23 bits per heavy atom. The standard InChI is InChI=1S/C28H46O3/c1-18(2)19(3)7-8-20(4)24-11-12-25(28(24,6)15-16-29)23-10-9-21-17-22(30)13-14-27(21,5)26(23)31/h9,18,20,22-25,29-30H,3,7-8,10-17H2,1-2,4-6H3/t20-,22+,23?,24-,25?,27+,28-/m1/s1. The molecule has 0 aliphatic heterocycles. The molecule has 0 amide bonds. The first kappa shape index (κ1) is 24.7. The summed E-state index contributed by atoms with van der Waals surface area (Å²) in [6.45, 7) is 15.8. The molecule has 0 radical (unpaired) electrons. The second-order valence-electron chi connectivity index (χ2n) is 11.8. The predicted octanol–water partition coefficient (Wildman–Crippen LogP) is 6.10. The maximum atomic E-state index is 13.8. The zero-order valence-electron chi connectivity index (χ0n) is 20.6. The monoisotopic (exact) mass is 430 g/mol. The minimum atomic E-state index is -0.388. The lowest BCUT2D eigenvalue weighted by Gasteiger charge is -2.48. The molecule has 2 saturated carbocycles. The Balaban J connectivity index is 1.80. The third-order valence-corrected chi connectivity index (χ3v) is 9.68. The summed E-state index contributed by atoms with van der Waals surface area (Å²) in [4.78, 5) is 13.8. The Morgan fingerprint density at radius 2 is 1.94 bits per heavy atom.